The topological polar surface area (TPSA) is 98.5 Å². The molecule has 1 amide bonds. The zero-order valence-electron chi connectivity index (χ0n) is 21.9. The molecule has 38 heavy (non-hydrogen) atoms. The van der Waals surface area contributed by atoms with Gasteiger partial charge in [-0.05, 0) is 38.1 Å². The minimum Gasteiger partial charge on any atom is -0.452 e. The van der Waals surface area contributed by atoms with Gasteiger partial charge in [0.15, 0.2) is 6.61 Å². The van der Waals surface area contributed by atoms with Crippen molar-refractivity contribution in [3.05, 3.63) is 87.5 Å². The van der Waals surface area contributed by atoms with Gasteiger partial charge in [0.2, 0.25) is 0 Å². The van der Waals surface area contributed by atoms with E-state index in [0.717, 1.165) is 42.7 Å². The second-order valence-corrected chi connectivity index (χ2v) is 9.52. The van der Waals surface area contributed by atoms with Crippen molar-refractivity contribution in [1.82, 2.24) is 19.2 Å². The number of hydrogen-bond donors (Lipinski definition) is 1. The molecule has 0 saturated heterocycles. The number of rotatable bonds is 7. The number of nitrogens with one attached hydrogen (secondary N) is 1. The molecule has 9 heteroatoms. The molecule has 0 atom stereocenters. The summed E-state index contributed by atoms with van der Waals surface area (Å²) in [4.78, 5) is 46.5. The van der Waals surface area contributed by atoms with Crippen molar-refractivity contribution < 1.29 is 14.3 Å². The molecule has 1 aliphatic heterocycles. The van der Waals surface area contributed by atoms with Crippen LogP contribution in [0, 0.1) is 6.92 Å². The second-order valence-electron chi connectivity index (χ2n) is 9.52. The molecule has 0 unspecified atom stereocenters. The third-order valence-corrected chi connectivity index (χ3v) is 7.02. The van der Waals surface area contributed by atoms with Gasteiger partial charge in [0.05, 0.1) is 22.5 Å². The van der Waals surface area contributed by atoms with Gasteiger partial charge in [-0.1, -0.05) is 43.3 Å². The Kier molecular flexibility index (Phi) is 7.11. The van der Waals surface area contributed by atoms with Crippen LogP contribution in [0.1, 0.15) is 40.7 Å². The Bertz CT molecular complexity index is 1570. The second kappa shape index (κ2) is 10.6. The number of benzene rings is 2. The van der Waals surface area contributed by atoms with Gasteiger partial charge in [-0.3, -0.25) is 24.2 Å². The highest BCUT2D eigenvalue weighted by Crippen LogP contribution is 2.29. The number of esters is 1. The number of carbonyl (C=O) groups is 2. The first-order chi connectivity index (χ1) is 18.4. The first-order valence-corrected chi connectivity index (χ1v) is 12.8. The number of anilines is 1. The average Bonchev–Trinajstić information content (AvgIpc) is 3.13. The summed E-state index contributed by atoms with van der Waals surface area (Å²) in [6, 6.07) is 16.7. The molecule has 1 N–H and O–H groups in total. The van der Waals surface area contributed by atoms with Crippen LogP contribution in [0.5, 0.6) is 0 Å². The normalized spacial score (nSPS) is 13.3. The maximum atomic E-state index is 13.4. The number of amides is 1. The monoisotopic (exact) mass is 513 g/mol. The molecule has 5 rings (SSSR count). The number of pyridine rings is 1. The highest BCUT2D eigenvalue weighted by Gasteiger charge is 2.27. The van der Waals surface area contributed by atoms with Gasteiger partial charge in [0.1, 0.15) is 5.69 Å². The van der Waals surface area contributed by atoms with E-state index in [9.17, 15) is 14.4 Å². The summed E-state index contributed by atoms with van der Waals surface area (Å²) >= 11 is 0. The standard InChI is InChI=1S/C29H31N5O4/c1-4-15-33-16-14-24-22(17-33)26(21-12-8-9-13-23(21)30-24)29(37)38-18-25(35)31-27-19(2)32(3)34(28(27)36)20-10-6-5-7-11-20/h5-13H,4,14-18H2,1-3H3,(H,31,35). The van der Waals surface area contributed by atoms with Crippen molar-refractivity contribution in [1.29, 1.82) is 0 Å². The van der Waals surface area contributed by atoms with Crippen LogP contribution in [0.3, 0.4) is 0 Å². The first kappa shape index (κ1) is 25.4. The SMILES string of the molecule is CCCN1CCc2nc3ccccc3c(C(=O)OCC(=O)Nc3c(C)n(C)n(-c4ccccc4)c3=O)c2C1. The molecule has 0 fully saturated rings. The Labute approximate surface area is 220 Å². The number of aromatic nitrogens is 3. The van der Waals surface area contributed by atoms with Crippen molar-refractivity contribution in [2.45, 2.75) is 33.2 Å². The summed E-state index contributed by atoms with van der Waals surface area (Å²) in [5.41, 5.74) is 4.01. The van der Waals surface area contributed by atoms with Crippen molar-refractivity contribution in [3.8, 4) is 5.69 Å². The Morgan fingerprint density at radius 3 is 2.58 bits per heavy atom. The fourth-order valence-corrected chi connectivity index (χ4v) is 5.08. The van der Waals surface area contributed by atoms with Crippen LogP contribution in [0.15, 0.2) is 59.4 Å². The number of fused-ring (bicyclic) bond motifs is 2. The molecule has 1 aliphatic rings. The molecule has 196 valence electrons. The quantitative estimate of drug-likeness (QED) is 0.379. The summed E-state index contributed by atoms with van der Waals surface area (Å²) < 4.78 is 8.68. The van der Waals surface area contributed by atoms with Gasteiger partial charge >= 0.3 is 5.97 Å². The van der Waals surface area contributed by atoms with E-state index in [2.05, 4.69) is 17.1 Å². The highest BCUT2D eigenvalue weighted by molar-refractivity contribution is 6.06. The molecular weight excluding hydrogens is 482 g/mol. The van der Waals surface area contributed by atoms with Crippen LogP contribution >= 0.6 is 0 Å². The molecule has 9 nitrogen and oxygen atoms in total. The number of ether oxygens (including phenoxy) is 1. The van der Waals surface area contributed by atoms with Crippen molar-refractivity contribution in [3.63, 3.8) is 0 Å². The molecule has 4 aromatic rings. The summed E-state index contributed by atoms with van der Waals surface area (Å²) in [6.45, 7) is 5.80. The van der Waals surface area contributed by atoms with E-state index in [1.54, 1.807) is 18.7 Å². The van der Waals surface area contributed by atoms with Gasteiger partial charge < -0.3 is 10.1 Å². The maximum absolute atomic E-state index is 13.4. The lowest BCUT2D eigenvalue weighted by Gasteiger charge is -2.29. The molecule has 2 aromatic carbocycles. The van der Waals surface area contributed by atoms with Crippen molar-refractivity contribution in [2.24, 2.45) is 7.05 Å². The van der Waals surface area contributed by atoms with E-state index in [1.807, 2.05) is 54.6 Å². The van der Waals surface area contributed by atoms with Crippen LogP contribution < -0.4 is 10.9 Å². The lowest BCUT2D eigenvalue weighted by molar-refractivity contribution is -0.119. The van der Waals surface area contributed by atoms with E-state index in [0.29, 0.717) is 28.9 Å². The number of para-hydroxylation sites is 2. The van der Waals surface area contributed by atoms with E-state index < -0.39 is 18.5 Å². The van der Waals surface area contributed by atoms with Gasteiger partial charge in [-0.2, -0.15) is 0 Å². The lowest BCUT2D eigenvalue weighted by Crippen LogP contribution is -2.33. The van der Waals surface area contributed by atoms with E-state index in [-0.39, 0.29) is 11.2 Å². The minimum atomic E-state index is -0.579. The fraction of sp³-hybridized carbons (Fsp3) is 0.310. The minimum absolute atomic E-state index is 0.152. The summed E-state index contributed by atoms with van der Waals surface area (Å²) in [7, 11) is 1.75. The predicted molar refractivity (Wildman–Crippen MR) is 146 cm³/mol. The van der Waals surface area contributed by atoms with Crippen LogP contribution in [0.2, 0.25) is 0 Å². The van der Waals surface area contributed by atoms with Crippen LogP contribution in [0.4, 0.5) is 5.69 Å². The zero-order valence-corrected chi connectivity index (χ0v) is 21.9. The molecule has 0 saturated carbocycles. The van der Waals surface area contributed by atoms with Crippen LogP contribution in [-0.2, 0) is 29.5 Å². The Morgan fingerprint density at radius 2 is 1.82 bits per heavy atom. The fourth-order valence-electron chi connectivity index (χ4n) is 5.08. The van der Waals surface area contributed by atoms with Crippen molar-refractivity contribution in [2.75, 3.05) is 25.0 Å². The average molecular weight is 514 g/mol. The van der Waals surface area contributed by atoms with E-state index in [1.165, 1.54) is 4.68 Å². The van der Waals surface area contributed by atoms with E-state index in [4.69, 9.17) is 9.72 Å². The summed E-state index contributed by atoms with van der Waals surface area (Å²) in [5, 5.41) is 3.36. The highest BCUT2D eigenvalue weighted by atomic mass is 16.5. The van der Waals surface area contributed by atoms with E-state index >= 15 is 0 Å². The molecule has 0 aliphatic carbocycles. The van der Waals surface area contributed by atoms with Crippen molar-refractivity contribution >= 4 is 28.5 Å². The number of nitrogens with zero attached hydrogens (tertiary/aromatic N) is 4. The third kappa shape index (κ3) is 4.72. The smallest absolute Gasteiger partial charge is 0.339 e. The van der Waals surface area contributed by atoms with Crippen LogP contribution in [0.25, 0.3) is 16.6 Å². The lowest BCUT2D eigenvalue weighted by atomic mass is 9.95. The Balaban J connectivity index is 1.37. The van der Waals surface area contributed by atoms with Gasteiger partial charge in [0, 0.05) is 43.2 Å². The largest absolute Gasteiger partial charge is 0.452 e. The Hall–Kier alpha value is -4.24. The maximum Gasteiger partial charge on any atom is 0.339 e. The molecule has 0 radical (unpaired) electrons. The van der Waals surface area contributed by atoms with Gasteiger partial charge in [0.25, 0.3) is 11.5 Å². The number of hydrogen-bond acceptors (Lipinski definition) is 6. The molecule has 0 spiro atoms. The van der Waals surface area contributed by atoms with Crippen LogP contribution in [-0.4, -0.2) is 50.8 Å². The first-order valence-electron chi connectivity index (χ1n) is 12.8. The van der Waals surface area contributed by atoms with Gasteiger partial charge in [-0.15, -0.1) is 0 Å². The van der Waals surface area contributed by atoms with Gasteiger partial charge in [-0.25, -0.2) is 9.48 Å². The Morgan fingerprint density at radius 1 is 1.08 bits per heavy atom. The molecule has 0 bridgehead atoms. The third-order valence-electron chi connectivity index (χ3n) is 7.02. The molecule has 3 heterocycles. The molecule has 2 aromatic heterocycles. The number of carbonyl (C=O) groups excluding carboxylic acids is 2. The molecular formula is C29H31N5O4. The predicted octanol–water partition coefficient (Wildman–Crippen LogP) is 3.60. The zero-order chi connectivity index (χ0) is 26.8. The summed E-state index contributed by atoms with van der Waals surface area (Å²) in [5.74, 6) is -1.15. The summed E-state index contributed by atoms with van der Waals surface area (Å²) in [6.07, 6.45) is 1.77.